The third kappa shape index (κ3) is 6.41. The summed E-state index contributed by atoms with van der Waals surface area (Å²) < 4.78 is 0. The Morgan fingerprint density at radius 3 is 2.65 bits per heavy atom. The molecule has 0 radical (unpaired) electrons. The molecule has 0 aliphatic carbocycles. The second-order valence-electron chi connectivity index (χ2n) is 7.35. The Balaban J connectivity index is 1.80. The Morgan fingerprint density at radius 2 is 2.00 bits per heavy atom. The Morgan fingerprint density at radius 1 is 1.29 bits per heavy atom. The lowest BCUT2D eigenvalue weighted by Gasteiger charge is -2.21. The van der Waals surface area contributed by atoms with E-state index in [4.69, 9.17) is 26.8 Å². The number of aliphatic imine (C=N–C) groups is 1. The van der Waals surface area contributed by atoms with Gasteiger partial charge in [0.15, 0.2) is 0 Å². The summed E-state index contributed by atoms with van der Waals surface area (Å²) in [7, 11) is 0. The van der Waals surface area contributed by atoms with E-state index in [1.54, 1.807) is 11.3 Å². The monoisotopic (exact) mass is 469 g/mol. The molecule has 1 saturated heterocycles. The minimum Gasteiger partial charge on any atom is -0.282 e. The molecule has 3 rings (SSSR count). The number of halogens is 1. The summed E-state index contributed by atoms with van der Waals surface area (Å²) in [5, 5.41) is 23.3. The molecule has 0 saturated carbocycles. The van der Waals surface area contributed by atoms with Gasteiger partial charge in [-0.1, -0.05) is 35.5 Å². The summed E-state index contributed by atoms with van der Waals surface area (Å²) in [4.78, 5) is 12.0. The fourth-order valence-electron chi connectivity index (χ4n) is 3.31. The van der Waals surface area contributed by atoms with Crippen LogP contribution in [0, 0.1) is 22.7 Å². The van der Waals surface area contributed by atoms with Gasteiger partial charge in [0.25, 0.3) is 0 Å². The van der Waals surface area contributed by atoms with Crippen molar-refractivity contribution >= 4 is 39.7 Å². The van der Waals surface area contributed by atoms with Crippen molar-refractivity contribution in [3.8, 4) is 22.7 Å². The number of nitrogens with zero attached hydrogens (tertiary/aromatic N) is 5. The number of thioether (sulfide) groups is 1. The Hall–Kier alpha value is -2.16. The summed E-state index contributed by atoms with van der Waals surface area (Å²) in [5.41, 5.74) is 3.23. The first-order valence-electron chi connectivity index (χ1n) is 10.1. The zero-order valence-electron chi connectivity index (χ0n) is 17.6. The van der Waals surface area contributed by atoms with Crippen molar-refractivity contribution in [2.45, 2.75) is 45.0 Å². The number of hydrogen-bond acceptors (Lipinski definition) is 7. The Labute approximate surface area is 197 Å². The highest BCUT2D eigenvalue weighted by atomic mass is 35.5. The number of hydrogen-bond donors (Lipinski definition) is 0. The van der Waals surface area contributed by atoms with Gasteiger partial charge >= 0.3 is 0 Å². The predicted molar refractivity (Wildman–Crippen MR) is 130 cm³/mol. The number of rotatable bonds is 7. The highest BCUT2D eigenvalue weighted by molar-refractivity contribution is 8.13. The van der Waals surface area contributed by atoms with E-state index >= 15 is 0 Å². The van der Waals surface area contributed by atoms with Gasteiger partial charge in [-0.2, -0.15) is 10.5 Å². The molecule has 1 atom stereocenters. The molecule has 31 heavy (non-hydrogen) atoms. The molecule has 5 nitrogen and oxygen atoms in total. The van der Waals surface area contributed by atoms with Crippen molar-refractivity contribution in [3.63, 3.8) is 0 Å². The van der Waals surface area contributed by atoms with E-state index in [9.17, 15) is 5.26 Å². The van der Waals surface area contributed by atoms with E-state index < -0.39 is 0 Å². The minimum atomic E-state index is 0.00305. The third-order valence-corrected chi connectivity index (χ3v) is 7.28. The van der Waals surface area contributed by atoms with E-state index in [0.29, 0.717) is 21.4 Å². The average molecular weight is 470 g/mol. The molecule has 1 aromatic carbocycles. The van der Waals surface area contributed by atoms with E-state index in [2.05, 4.69) is 24.0 Å². The van der Waals surface area contributed by atoms with Gasteiger partial charge in [-0.25, -0.2) is 4.98 Å². The number of nitriles is 2. The highest BCUT2D eigenvalue weighted by Gasteiger charge is 2.20. The Bertz CT molecular complexity index is 1040. The van der Waals surface area contributed by atoms with Crippen LogP contribution < -0.4 is 0 Å². The molecule has 1 aliphatic heterocycles. The number of thiazole rings is 1. The molecule has 1 aromatic heterocycles. The first kappa shape index (κ1) is 23.5. The van der Waals surface area contributed by atoms with Crippen molar-refractivity contribution in [1.29, 1.82) is 10.5 Å². The topological polar surface area (TPSA) is 76.1 Å². The molecule has 1 unspecified atom stereocenters. The molecule has 1 aliphatic rings. The molecule has 1 fully saturated rings. The summed E-state index contributed by atoms with van der Waals surface area (Å²) in [6.07, 6.45) is 2.59. The molecule has 160 valence electrons. The second kappa shape index (κ2) is 11.5. The molecule has 0 amide bonds. The zero-order valence-corrected chi connectivity index (χ0v) is 20.0. The van der Waals surface area contributed by atoms with Gasteiger partial charge < -0.3 is 0 Å². The molecule has 8 heteroatoms. The summed E-state index contributed by atoms with van der Waals surface area (Å²) in [6, 6.07) is 12.1. The molecule has 0 spiro atoms. The maximum atomic E-state index is 9.79. The maximum absolute atomic E-state index is 9.79. The first-order valence-corrected chi connectivity index (χ1v) is 12.4. The first-order chi connectivity index (χ1) is 15.0. The zero-order chi connectivity index (χ0) is 22.2. The van der Waals surface area contributed by atoms with Crippen molar-refractivity contribution < 1.29 is 0 Å². The standard InChI is InChI=1S/C23H24ClN5S2/c1-16(9-10-25)21(13-26)23(27-17(2)29-11-3-4-12-29)31-15-20-14-30-22(28-20)18-5-7-19(24)8-6-18/h5-8,14,17H,3-4,9,11-12,15H2,1-2H3/b21-16-,27-23+. The van der Waals surface area contributed by atoms with Gasteiger partial charge in [0.1, 0.15) is 22.3 Å². The lowest BCUT2D eigenvalue weighted by atomic mass is 10.1. The van der Waals surface area contributed by atoms with Gasteiger partial charge in [-0.15, -0.1) is 11.3 Å². The van der Waals surface area contributed by atoms with Crippen LogP contribution >= 0.6 is 34.7 Å². The van der Waals surface area contributed by atoms with Gasteiger partial charge in [0.2, 0.25) is 0 Å². The van der Waals surface area contributed by atoms with Crippen LogP contribution in [0.1, 0.15) is 38.8 Å². The van der Waals surface area contributed by atoms with Crippen molar-refractivity contribution in [3.05, 3.63) is 51.5 Å². The van der Waals surface area contributed by atoms with Crippen LogP contribution in [0.25, 0.3) is 10.6 Å². The minimum absolute atomic E-state index is 0.00305. The quantitative estimate of drug-likeness (QED) is 0.270. The number of allylic oxidation sites excluding steroid dienone is 1. The number of aromatic nitrogens is 1. The largest absolute Gasteiger partial charge is 0.282 e. The van der Waals surface area contributed by atoms with Gasteiger partial charge in [0.05, 0.1) is 23.8 Å². The van der Waals surface area contributed by atoms with Crippen LogP contribution in [0.4, 0.5) is 0 Å². The predicted octanol–water partition coefficient (Wildman–Crippen LogP) is 6.29. The lowest BCUT2D eigenvalue weighted by molar-refractivity contribution is 0.267. The SMILES string of the molecule is C/C(CC#N)=C(C#N)/C(=N\C(C)N1CCCC1)SCc1csc(-c2ccc(Cl)cc2)n1. The smallest absolute Gasteiger partial charge is 0.123 e. The molecule has 0 bridgehead atoms. The van der Waals surface area contributed by atoms with Crippen molar-refractivity contribution in [2.75, 3.05) is 13.1 Å². The molecule has 2 aromatic rings. The van der Waals surface area contributed by atoms with Crippen LogP contribution in [0.2, 0.25) is 5.02 Å². The lowest BCUT2D eigenvalue weighted by Crippen LogP contribution is -2.29. The fraction of sp³-hybridized carbons (Fsp3) is 0.391. The fourth-order valence-corrected chi connectivity index (χ4v) is 5.40. The van der Waals surface area contributed by atoms with Crippen LogP contribution in [0.15, 0.2) is 45.8 Å². The number of likely N-dealkylation sites (tertiary alicyclic amines) is 1. The van der Waals surface area contributed by atoms with E-state index in [1.807, 2.05) is 36.6 Å². The Kier molecular flexibility index (Phi) is 8.69. The second-order valence-corrected chi connectivity index (χ2v) is 9.61. The van der Waals surface area contributed by atoms with Crippen molar-refractivity contribution in [1.82, 2.24) is 9.88 Å². The van der Waals surface area contributed by atoms with Crippen molar-refractivity contribution in [2.24, 2.45) is 4.99 Å². The van der Waals surface area contributed by atoms with Crippen LogP contribution in [-0.4, -0.2) is 34.2 Å². The van der Waals surface area contributed by atoms with Crippen LogP contribution in [0.5, 0.6) is 0 Å². The van der Waals surface area contributed by atoms with Crippen LogP contribution in [0.3, 0.4) is 0 Å². The average Bonchev–Trinajstić information content (AvgIpc) is 3.45. The normalized spacial score (nSPS) is 16.5. The summed E-state index contributed by atoms with van der Waals surface area (Å²) >= 11 is 9.08. The van der Waals surface area contributed by atoms with Gasteiger partial charge in [-0.3, -0.25) is 9.89 Å². The maximum Gasteiger partial charge on any atom is 0.123 e. The number of benzene rings is 1. The van der Waals surface area contributed by atoms with Gasteiger partial charge in [0, 0.05) is 34.8 Å². The molecular weight excluding hydrogens is 446 g/mol. The summed E-state index contributed by atoms with van der Waals surface area (Å²) in [5.74, 6) is 0.612. The highest BCUT2D eigenvalue weighted by Crippen LogP contribution is 2.29. The molecule has 0 N–H and O–H groups in total. The molecule has 2 heterocycles. The van der Waals surface area contributed by atoms with E-state index in [0.717, 1.165) is 34.9 Å². The van der Waals surface area contributed by atoms with E-state index in [-0.39, 0.29) is 12.6 Å². The summed E-state index contributed by atoms with van der Waals surface area (Å²) in [6.45, 7) is 5.96. The third-order valence-electron chi connectivity index (χ3n) is 5.07. The van der Waals surface area contributed by atoms with Crippen LogP contribution in [-0.2, 0) is 5.75 Å². The molecular formula is C23H24ClN5S2. The van der Waals surface area contributed by atoms with E-state index in [1.165, 1.54) is 24.6 Å². The van der Waals surface area contributed by atoms with Gasteiger partial charge in [-0.05, 0) is 44.4 Å².